The van der Waals surface area contributed by atoms with Gasteiger partial charge in [-0.25, -0.2) is 0 Å². The molecule has 0 bridgehead atoms. The van der Waals surface area contributed by atoms with Crippen LogP contribution in [0.2, 0.25) is 0 Å². The Hall–Kier alpha value is -0.370. The number of nitrogens with zero attached hydrogens (tertiary/aromatic N) is 1. The SMILES string of the molecule is CCCC(=O)C1CCN(C(C)(C)C)C1. The minimum absolute atomic E-state index is 0.223. The molecule has 0 amide bonds. The zero-order chi connectivity index (χ0) is 10.8. The van der Waals surface area contributed by atoms with E-state index in [9.17, 15) is 4.79 Å². The van der Waals surface area contributed by atoms with Crippen molar-refractivity contribution in [3.63, 3.8) is 0 Å². The minimum Gasteiger partial charge on any atom is -0.299 e. The molecule has 0 aromatic heterocycles. The molecule has 1 fully saturated rings. The maximum absolute atomic E-state index is 11.7. The second-order valence-corrected chi connectivity index (χ2v) is 5.32. The van der Waals surface area contributed by atoms with Crippen molar-refractivity contribution in [1.29, 1.82) is 0 Å². The molecule has 14 heavy (non-hydrogen) atoms. The molecule has 82 valence electrons. The van der Waals surface area contributed by atoms with Gasteiger partial charge in [0, 0.05) is 24.4 Å². The van der Waals surface area contributed by atoms with Gasteiger partial charge in [-0.05, 0) is 40.2 Å². The maximum Gasteiger partial charge on any atom is 0.137 e. The van der Waals surface area contributed by atoms with Crippen LogP contribution in [0.5, 0.6) is 0 Å². The molecule has 1 unspecified atom stereocenters. The molecule has 0 radical (unpaired) electrons. The summed E-state index contributed by atoms with van der Waals surface area (Å²) in [5, 5.41) is 0. The molecule has 0 N–H and O–H groups in total. The fourth-order valence-electron chi connectivity index (χ4n) is 2.08. The van der Waals surface area contributed by atoms with E-state index in [4.69, 9.17) is 0 Å². The average Bonchev–Trinajstić information content (AvgIpc) is 2.51. The number of hydrogen-bond donors (Lipinski definition) is 0. The van der Waals surface area contributed by atoms with Crippen molar-refractivity contribution >= 4 is 5.78 Å². The Kier molecular flexibility index (Phi) is 3.71. The number of likely N-dealkylation sites (tertiary alicyclic amines) is 1. The highest BCUT2D eigenvalue weighted by Crippen LogP contribution is 2.25. The van der Waals surface area contributed by atoms with E-state index >= 15 is 0 Å². The molecule has 0 aliphatic carbocycles. The van der Waals surface area contributed by atoms with Crippen molar-refractivity contribution in [2.75, 3.05) is 13.1 Å². The molecule has 1 aliphatic rings. The van der Waals surface area contributed by atoms with Gasteiger partial charge in [0.25, 0.3) is 0 Å². The molecular weight excluding hydrogens is 174 g/mol. The van der Waals surface area contributed by atoms with Gasteiger partial charge in [0.15, 0.2) is 0 Å². The van der Waals surface area contributed by atoms with E-state index in [2.05, 4.69) is 32.6 Å². The molecule has 1 saturated heterocycles. The quantitative estimate of drug-likeness (QED) is 0.692. The predicted octanol–water partition coefficient (Wildman–Crippen LogP) is 2.48. The number of carbonyl (C=O) groups excluding carboxylic acids is 1. The van der Waals surface area contributed by atoms with Crippen LogP contribution in [-0.4, -0.2) is 29.3 Å². The molecule has 0 aromatic rings. The number of rotatable bonds is 3. The van der Waals surface area contributed by atoms with E-state index < -0.39 is 0 Å². The molecule has 0 saturated carbocycles. The number of carbonyl (C=O) groups is 1. The van der Waals surface area contributed by atoms with Crippen molar-refractivity contribution in [1.82, 2.24) is 4.90 Å². The van der Waals surface area contributed by atoms with E-state index in [1.165, 1.54) is 0 Å². The largest absolute Gasteiger partial charge is 0.299 e. The lowest BCUT2D eigenvalue weighted by Gasteiger charge is -2.31. The first-order chi connectivity index (χ1) is 6.45. The predicted molar refractivity (Wildman–Crippen MR) is 59.3 cm³/mol. The van der Waals surface area contributed by atoms with Crippen LogP contribution >= 0.6 is 0 Å². The zero-order valence-electron chi connectivity index (χ0n) is 9.97. The first kappa shape index (κ1) is 11.7. The monoisotopic (exact) mass is 197 g/mol. The van der Waals surface area contributed by atoms with Gasteiger partial charge in [0.05, 0.1) is 0 Å². The van der Waals surface area contributed by atoms with Crippen LogP contribution in [0.15, 0.2) is 0 Å². The second-order valence-electron chi connectivity index (χ2n) is 5.32. The summed E-state index contributed by atoms with van der Waals surface area (Å²) in [6.45, 7) is 10.8. The molecule has 0 aromatic carbocycles. The van der Waals surface area contributed by atoms with E-state index in [1.807, 2.05) is 0 Å². The van der Waals surface area contributed by atoms with Crippen molar-refractivity contribution < 1.29 is 4.79 Å². The highest BCUT2D eigenvalue weighted by atomic mass is 16.1. The topological polar surface area (TPSA) is 20.3 Å². The van der Waals surface area contributed by atoms with Crippen molar-refractivity contribution in [2.45, 2.75) is 52.5 Å². The third-order valence-corrected chi connectivity index (χ3v) is 3.09. The van der Waals surface area contributed by atoms with Gasteiger partial charge in [-0.2, -0.15) is 0 Å². The molecule has 1 rings (SSSR count). The van der Waals surface area contributed by atoms with Crippen LogP contribution in [0.4, 0.5) is 0 Å². The molecule has 1 aliphatic heterocycles. The van der Waals surface area contributed by atoms with Gasteiger partial charge >= 0.3 is 0 Å². The Morgan fingerprint density at radius 3 is 2.50 bits per heavy atom. The summed E-state index contributed by atoms with van der Waals surface area (Å²) in [4.78, 5) is 14.1. The number of ketones is 1. The zero-order valence-corrected chi connectivity index (χ0v) is 9.97. The highest BCUT2D eigenvalue weighted by molar-refractivity contribution is 5.81. The fourth-order valence-corrected chi connectivity index (χ4v) is 2.08. The third-order valence-electron chi connectivity index (χ3n) is 3.09. The van der Waals surface area contributed by atoms with Crippen LogP contribution in [-0.2, 0) is 4.79 Å². The van der Waals surface area contributed by atoms with Crippen LogP contribution in [0, 0.1) is 5.92 Å². The Morgan fingerprint density at radius 1 is 1.43 bits per heavy atom. The van der Waals surface area contributed by atoms with E-state index in [0.717, 1.165) is 32.4 Å². The molecule has 2 nitrogen and oxygen atoms in total. The molecular formula is C12H23NO. The Balaban J connectivity index is 2.45. The van der Waals surface area contributed by atoms with Gasteiger partial charge < -0.3 is 0 Å². The Labute approximate surface area is 87.7 Å². The second kappa shape index (κ2) is 4.43. The number of hydrogen-bond acceptors (Lipinski definition) is 2. The van der Waals surface area contributed by atoms with Crippen molar-refractivity contribution in [2.24, 2.45) is 5.92 Å². The molecule has 1 heterocycles. The lowest BCUT2D eigenvalue weighted by molar-refractivity contribution is -0.122. The van der Waals surface area contributed by atoms with E-state index in [0.29, 0.717) is 11.7 Å². The van der Waals surface area contributed by atoms with Gasteiger partial charge in [0.2, 0.25) is 0 Å². The van der Waals surface area contributed by atoms with Crippen LogP contribution in [0.1, 0.15) is 47.0 Å². The minimum atomic E-state index is 0.223. The summed E-state index contributed by atoms with van der Waals surface area (Å²) in [6, 6.07) is 0. The molecule has 1 atom stereocenters. The summed E-state index contributed by atoms with van der Waals surface area (Å²) in [5.41, 5.74) is 0.223. The standard InChI is InChI=1S/C12H23NO/c1-5-6-11(14)10-7-8-13(9-10)12(2,3)4/h10H,5-9H2,1-4H3. The van der Waals surface area contributed by atoms with Gasteiger partial charge in [-0.15, -0.1) is 0 Å². The maximum atomic E-state index is 11.7. The van der Waals surface area contributed by atoms with E-state index in [1.54, 1.807) is 0 Å². The Morgan fingerprint density at radius 2 is 2.07 bits per heavy atom. The summed E-state index contributed by atoms with van der Waals surface area (Å²) in [6.07, 6.45) is 2.82. The van der Waals surface area contributed by atoms with Crippen LogP contribution < -0.4 is 0 Å². The smallest absolute Gasteiger partial charge is 0.137 e. The lowest BCUT2D eigenvalue weighted by Crippen LogP contribution is -2.39. The highest BCUT2D eigenvalue weighted by Gasteiger charge is 2.32. The molecule has 0 spiro atoms. The fraction of sp³-hybridized carbons (Fsp3) is 0.917. The summed E-state index contributed by atoms with van der Waals surface area (Å²) >= 11 is 0. The van der Waals surface area contributed by atoms with E-state index in [-0.39, 0.29) is 5.54 Å². The summed E-state index contributed by atoms with van der Waals surface area (Å²) < 4.78 is 0. The normalized spacial score (nSPS) is 24.1. The molecule has 2 heteroatoms. The van der Waals surface area contributed by atoms with Crippen LogP contribution in [0.3, 0.4) is 0 Å². The van der Waals surface area contributed by atoms with Crippen molar-refractivity contribution in [3.8, 4) is 0 Å². The summed E-state index contributed by atoms with van der Waals surface area (Å²) in [5.74, 6) is 0.786. The summed E-state index contributed by atoms with van der Waals surface area (Å²) in [7, 11) is 0. The van der Waals surface area contributed by atoms with Crippen LogP contribution in [0.25, 0.3) is 0 Å². The average molecular weight is 197 g/mol. The lowest BCUT2D eigenvalue weighted by atomic mass is 9.99. The first-order valence-corrected chi connectivity index (χ1v) is 5.73. The first-order valence-electron chi connectivity index (χ1n) is 5.73. The van der Waals surface area contributed by atoms with Gasteiger partial charge in [0.1, 0.15) is 5.78 Å². The Bertz CT molecular complexity index is 205. The van der Waals surface area contributed by atoms with Gasteiger partial charge in [-0.1, -0.05) is 6.92 Å². The van der Waals surface area contributed by atoms with Crippen molar-refractivity contribution in [3.05, 3.63) is 0 Å². The number of Topliss-reactive ketones (excluding diaryl/α,β-unsaturated/α-hetero) is 1. The van der Waals surface area contributed by atoms with Gasteiger partial charge in [-0.3, -0.25) is 9.69 Å². The third kappa shape index (κ3) is 2.81.